The van der Waals surface area contributed by atoms with Crippen LogP contribution in [0.1, 0.15) is 28.7 Å². The Hall–Kier alpha value is -3.05. The fourth-order valence-electron chi connectivity index (χ4n) is 3.53. The van der Waals surface area contributed by atoms with Gasteiger partial charge in [-0.25, -0.2) is 13.4 Å². The van der Waals surface area contributed by atoms with Crippen molar-refractivity contribution < 1.29 is 18.0 Å². The predicted octanol–water partition coefficient (Wildman–Crippen LogP) is 1.45. The highest BCUT2D eigenvalue weighted by molar-refractivity contribution is 7.91. The first-order valence-electron chi connectivity index (χ1n) is 10.4. The van der Waals surface area contributed by atoms with Crippen molar-refractivity contribution in [3.05, 3.63) is 51.4 Å². The lowest BCUT2D eigenvalue weighted by molar-refractivity contribution is -0.126. The third kappa shape index (κ3) is 5.14. The number of hydrogen-bond donors (Lipinski definition) is 2. The van der Waals surface area contributed by atoms with E-state index in [4.69, 9.17) is 0 Å². The molecular formula is C22H24N4O5S2. The van der Waals surface area contributed by atoms with E-state index >= 15 is 0 Å². The number of hydrogen-bond acceptors (Lipinski definition) is 7. The second kappa shape index (κ2) is 8.71. The molecule has 4 rings (SSSR count). The van der Waals surface area contributed by atoms with Crippen LogP contribution >= 0.6 is 11.3 Å². The molecule has 33 heavy (non-hydrogen) atoms. The van der Waals surface area contributed by atoms with Crippen molar-refractivity contribution in [1.29, 1.82) is 0 Å². The summed E-state index contributed by atoms with van der Waals surface area (Å²) in [4.78, 5) is 40.8. The van der Waals surface area contributed by atoms with Gasteiger partial charge < -0.3 is 15.2 Å². The molecule has 1 saturated carbocycles. The minimum atomic E-state index is -3.84. The number of pyridine rings is 1. The topological polar surface area (TPSA) is 127 Å². The van der Waals surface area contributed by atoms with Gasteiger partial charge in [0.25, 0.3) is 0 Å². The van der Waals surface area contributed by atoms with Gasteiger partial charge in [-0.3, -0.25) is 14.4 Å². The van der Waals surface area contributed by atoms with Crippen molar-refractivity contribution in [3.8, 4) is 11.1 Å². The first-order valence-corrected chi connectivity index (χ1v) is 13.1. The number of aromatic nitrogens is 2. The highest BCUT2D eigenvalue weighted by atomic mass is 32.2. The van der Waals surface area contributed by atoms with E-state index in [1.165, 1.54) is 10.6 Å². The van der Waals surface area contributed by atoms with Gasteiger partial charge >= 0.3 is 0 Å². The number of amides is 2. The molecule has 0 saturated heterocycles. The van der Waals surface area contributed by atoms with Crippen molar-refractivity contribution in [2.45, 2.75) is 31.1 Å². The molecule has 2 heterocycles. The van der Waals surface area contributed by atoms with Crippen molar-refractivity contribution >= 4 is 43.2 Å². The minimum Gasteiger partial charge on any atom is -0.352 e. The van der Waals surface area contributed by atoms with Crippen LogP contribution < -0.4 is 16.2 Å². The Bertz CT molecular complexity index is 1420. The van der Waals surface area contributed by atoms with E-state index in [1.54, 1.807) is 19.3 Å². The molecule has 1 aliphatic rings. The lowest BCUT2D eigenvalue weighted by Crippen LogP contribution is -2.41. The number of aryl methyl sites for hydroxylation is 2. The summed E-state index contributed by atoms with van der Waals surface area (Å²) >= 11 is 1.12. The molecule has 1 unspecified atom stereocenters. The molecule has 0 spiro atoms. The zero-order valence-corrected chi connectivity index (χ0v) is 20.0. The lowest BCUT2D eigenvalue weighted by atomic mass is 10.0. The summed E-state index contributed by atoms with van der Waals surface area (Å²) in [5, 5.41) is 3.81. The quantitative estimate of drug-likeness (QED) is 0.518. The number of sulfone groups is 1. The molecule has 0 radical (unpaired) electrons. The monoisotopic (exact) mass is 488 g/mol. The van der Waals surface area contributed by atoms with Crippen molar-refractivity contribution in [2.75, 3.05) is 12.8 Å². The third-order valence-corrected chi connectivity index (χ3v) is 7.93. The fraction of sp³-hybridized carbons (Fsp3) is 0.364. The fourth-order valence-corrected chi connectivity index (χ4v) is 6.06. The van der Waals surface area contributed by atoms with Gasteiger partial charge in [0, 0.05) is 31.6 Å². The Kier molecular flexibility index (Phi) is 6.10. The Morgan fingerprint density at radius 1 is 1.27 bits per heavy atom. The second-order valence-corrected chi connectivity index (χ2v) is 11.5. The molecule has 3 aromatic rings. The van der Waals surface area contributed by atoms with Crippen molar-refractivity contribution in [2.24, 2.45) is 7.05 Å². The number of nitrogens with one attached hydrogen (secondary N) is 2. The van der Waals surface area contributed by atoms with Crippen LogP contribution in [0, 0.1) is 6.92 Å². The van der Waals surface area contributed by atoms with E-state index in [0.717, 1.165) is 47.1 Å². The van der Waals surface area contributed by atoms with Crippen LogP contribution in [0.25, 0.3) is 21.3 Å². The molecule has 2 N–H and O–H groups in total. The molecular weight excluding hydrogens is 464 g/mol. The van der Waals surface area contributed by atoms with Gasteiger partial charge in [0.15, 0.2) is 15.1 Å². The lowest BCUT2D eigenvalue weighted by Gasteiger charge is -2.12. The van der Waals surface area contributed by atoms with E-state index in [9.17, 15) is 22.8 Å². The van der Waals surface area contributed by atoms with Gasteiger partial charge in [0.1, 0.15) is 5.01 Å². The number of fused-ring (bicyclic) bond motifs is 1. The molecule has 174 valence electrons. The maximum absolute atomic E-state index is 12.8. The van der Waals surface area contributed by atoms with Crippen LogP contribution in [0.4, 0.5) is 0 Å². The van der Waals surface area contributed by atoms with Gasteiger partial charge in [-0.2, -0.15) is 0 Å². The van der Waals surface area contributed by atoms with Gasteiger partial charge in [-0.05, 0) is 54.7 Å². The van der Waals surface area contributed by atoms with E-state index in [1.807, 2.05) is 19.1 Å². The van der Waals surface area contributed by atoms with Gasteiger partial charge in [-0.15, -0.1) is 11.3 Å². The van der Waals surface area contributed by atoms with E-state index in [2.05, 4.69) is 15.6 Å². The Morgan fingerprint density at radius 2 is 2.00 bits per heavy atom. The summed E-state index contributed by atoms with van der Waals surface area (Å²) < 4.78 is 27.2. The summed E-state index contributed by atoms with van der Waals surface area (Å²) in [7, 11) is -2.17. The number of benzene rings is 1. The second-order valence-electron chi connectivity index (χ2n) is 8.32. The average Bonchev–Trinajstić information content (AvgIpc) is 3.44. The zero-order valence-electron chi connectivity index (χ0n) is 18.4. The van der Waals surface area contributed by atoms with Crippen LogP contribution in [-0.2, 0) is 26.5 Å². The molecule has 0 aliphatic heterocycles. The smallest absolute Gasteiger partial charge is 0.250 e. The number of thiazole rings is 1. The number of carbonyl (C=O) groups is 2. The molecule has 9 nitrogen and oxygen atoms in total. The minimum absolute atomic E-state index is 0.120. The van der Waals surface area contributed by atoms with Crippen LogP contribution in [0.15, 0.2) is 35.3 Å². The van der Waals surface area contributed by atoms with Gasteiger partial charge in [0.2, 0.25) is 17.4 Å². The predicted molar refractivity (Wildman–Crippen MR) is 127 cm³/mol. The molecule has 2 aromatic heterocycles. The number of rotatable bonds is 7. The molecule has 1 fully saturated rings. The van der Waals surface area contributed by atoms with Crippen LogP contribution in [-0.4, -0.2) is 48.6 Å². The molecule has 2 amide bonds. The Morgan fingerprint density at radius 3 is 2.64 bits per heavy atom. The van der Waals surface area contributed by atoms with Crippen molar-refractivity contribution in [1.82, 2.24) is 20.2 Å². The highest BCUT2D eigenvalue weighted by Crippen LogP contribution is 2.35. The standard InChI is InChI=1S/C22H24N4O5S2/c1-12-8-16-17(9-15(12)13-4-7-19(28)26(2)11-13)32-22(25-16)20(33(3,30)31)21(29)23-10-18(27)24-14-5-6-14/h4,7-9,11,14,20H,5-6,10H2,1-3H3,(H,23,29)(H,24,27). The van der Waals surface area contributed by atoms with E-state index in [-0.39, 0.29) is 29.1 Å². The molecule has 1 aromatic carbocycles. The number of nitrogens with zero attached hydrogens (tertiary/aromatic N) is 2. The largest absolute Gasteiger partial charge is 0.352 e. The maximum atomic E-state index is 12.8. The SMILES string of the molecule is Cc1cc2nc(C(C(=O)NCC(=O)NC3CC3)S(C)(=O)=O)sc2cc1-c1ccc(=O)n(C)c1. The molecule has 11 heteroatoms. The molecule has 1 aliphatic carbocycles. The summed E-state index contributed by atoms with van der Waals surface area (Å²) in [6, 6.07) is 7.08. The first kappa shape index (κ1) is 23.1. The molecule has 1 atom stereocenters. The van der Waals surface area contributed by atoms with Crippen molar-refractivity contribution in [3.63, 3.8) is 0 Å². The summed E-state index contributed by atoms with van der Waals surface area (Å²) in [6.07, 6.45) is 4.54. The summed E-state index contributed by atoms with van der Waals surface area (Å²) in [6.45, 7) is 1.61. The zero-order chi connectivity index (χ0) is 23.9. The van der Waals surface area contributed by atoms with E-state index in [0.29, 0.717) is 10.2 Å². The maximum Gasteiger partial charge on any atom is 0.250 e. The Labute approximate surface area is 194 Å². The van der Waals surface area contributed by atoms with Gasteiger partial charge in [0.05, 0.1) is 16.8 Å². The van der Waals surface area contributed by atoms with Crippen LogP contribution in [0.5, 0.6) is 0 Å². The Balaban J connectivity index is 1.65. The number of carbonyl (C=O) groups excluding carboxylic acids is 2. The van der Waals surface area contributed by atoms with Gasteiger partial charge in [-0.1, -0.05) is 0 Å². The van der Waals surface area contributed by atoms with E-state index < -0.39 is 21.0 Å². The van der Waals surface area contributed by atoms with Crippen LogP contribution in [0.2, 0.25) is 0 Å². The third-order valence-electron chi connectivity index (χ3n) is 5.40. The summed E-state index contributed by atoms with van der Waals surface area (Å²) in [5.74, 6) is -1.13. The highest BCUT2D eigenvalue weighted by Gasteiger charge is 2.34. The first-order chi connectivity index (χ1) is 15.5. The normalized spacial score (nSPS) is 14.8. The average molecular weight is 489 g/mol. The summed E-state index contributed by atoms with van der Waals surface area (Å²) in [5.41, 5.74) is 3.07. The van der Waals surface area contributed by atoms with Crippen LogP contribution in [0.3, 0.4) is 0 Å². The molecule has 0 bridgehead atoms.